The van der Waals surface area contributed by atoms with Gasteiger partial charge in [0, 0.05) is 26.2 Å². The third-order valence-corrected chi connectivity index (χ3v) is 3.02. The van der Waals surface area contributed by atoms with Crippen molar-refractivity contribution in [2.45, 2.75) is 6.42 Å². The Morgan fingerprint density at radius 2 is 2.12 bits per heavy atom. The number of aromatic nitrogens is 2. The number of hydrogen-bond acceptors (Lipinski definition) is 5. The molecule has 0 spiro atoms. The molecule has 5 heteroatoms. The van der Waals surface area contributed by atoms with E-state index < -0.39 is 0 Å². The SMILES string of the molecule is [CH2]CCN1CCN(c2ncncc2OC)CC1. The molecule has 0 aliphatic carbocycles. The molecule has 17 heavy (non-hydrogen) atoms. The molecule has 1 saturated heterocycles. The number of ether oxygens (including phenoxy) is 1. The van der Waals surface area contributed by atoms with E-state index in [9.17, 15) is 0 Å². The fourth-order valence-electron chi connectivity index (χ4n) is 2.10. The van der Waals surface area contributed by atoms with Gasteiger partial charge in [0.05, 0.1) is 13.3 Å². The Kier molecular flexibility index (Phi) is 4.14. The molecule has 2 heterocycles. The summed E-state index contributed by atoms with van der Waals surface area (Å²) in [6, 6.07) is 0. The van der Waals surface area contributed by atoms with Gasteiger partial charge in [0.25, 0.3) is 0 Å². The molecule has 0 atom stereocenters. The molecular formula is C12H19N4O. The number of hydrogen-bond donors (Lipinski definition) is 0. The topological polar surface area (TPSA) is 41.5 Å². The van der Waals surface area contributed by atoms with Gasteiger partial charge in [-0.25, -0.2) is 9.97 Å². The largest absolute Gasteiger partial charge is 0.491 e. The Bertz CT molecular complexity index is 350. The van der Waals surface area contributed by atoms with Crippen LogP contribution in [0.2, 0.25) is 0 Å². The smallest absolute Gasteiger partial charge is 0.179 e. The summed E-state index contributed by atoms with van der Waals surface area (Å²) in [5, 5.41) is 0. The number of nitrogens with zero attached hydrogens (tertiary/aromatic N) is 4. The van der Waals surface area contributed by atoms with Crippen LogP contribution in [0.3, 0.4) is 0 Å². The fourth-order valence-corrected chi connectivity index (χ4v) is 2.10. The van der Waals surface area contributed by atoms with E-state index in [1.165, 1.54) is 0 Å². The van der Waals surface area contributed by atoms with E-state index in [0.717, 1.165) is 50.7 Å². The van der Waals surface area contributed by atoms with Crippen LogP contribution in [0, 0.1) is 6.92 Å². The van der Waals surface area contributed by atoms with Crippen LogP contribution in [0.15, 0.2) is 12.5 Å². The van der Waals surface area contributed by atoms with Crippen molar-refractivity contribution in [3.05, 3.63) is 19.4 Å². The molecule has 0 N–H and O–H groups in total. The summed E-state index contributed by atoms with van der Waals surface area (Å²) in [4.78, 5) is 13.0. The van der Waals surface area contributed by atoms with Gasteiger partial charge < -0.3 is 9.64 Å². The Balaban J connectivity index is 2.00. The van der Waals surface area contributed by atoms with Crippen molar-refractivity contribution < 1.29 is 4.74 Å². The minimum absolute atomic E-state index is 0.748. The molecule has 1 aromatic rings. The summed E-state index contributed by atoms with van der Waals surface area (Å²) in [6.45, 7) is 9.04. The molecule has 1 fully saturated rings. The Labute approximate surface area is 102 Å². The lowest BCUT2D eigenvalue weighted by Crippen LogP contribution is -2.46. The van der Waals surface area contributed by atoms with Crippen molar-refractivity contribution in [3.8, 4) is 5.75 Å². The highest BCUT2D eigenvalue weighted by Gasteiger charge is 2.19. The lowest BCUT2D eigenvalue weighted by molar-refractivity contribution is 0.260. The highest BCUT2D eigenvalue weighted by Crippen LogP contribution is 2.24. The average Bonchev–Trinajstić information content (AvgIpc) is 2.40. The van der Waals surface area contributed by atoms with Gasteiger partial charge in [-0.15, -0.1) is 0 Å². The molecule has 93 valence electrons. The van der Waals surface area contributed by atoms with Crippen LogP contribution in [0.25, 0.3) is 0 Å². The first-order valence-electron chi connectivity index (χ1n) is 5.95. The molecule has 1 aromatic heterocycles. The van der Waals surface area contributed by atoms with Crippen LogP contribution in [0.1, 0.15) is 6.42 Å². The van der Waals surface area contributed by atoms with Gasteiger partial charge in [-0.1, -0.05) is 6.92 Å². The molecule has 0 amide bonds. The van der Waals surface area contributed by atoms with Gasteiger partial charge in [0.1, 0.15) is 6.33 Å². The molecule has 1 aliphatic rings. The monoisotopic (exact) mass is 235 g/mol. The maximum Gasteiger partial charge on any atom is 0.179 e. The first-order valence-corrected chi connectivity index (χ1v) is 5.95. The van der Waals surface area contributed by atoms with E-state index >= 15 is 0 Å². The molecule has 0 saturated carbocycles. The maximum absolute atomic E-state index is 5.28. The predicted molar refractivity (Wildman–Crippen MR) is 67.2 cm³/mol. The molecular weight excluding hydrogens is 216 g/mol. The van der Waals surface area contributed by atoms with Crippen molar-refractivity contribution in [1.29, 1.82) is 0 Å². The van der Waals surface area contributed by atoms with Gasteiger partial charge in [0.15, 0.2) is 11.6 Å². The fraction of sp³-hybridized carbons (Fsp3) is 0.583. The zero-order valence-electron chi connectivity index (χ0n) is 10.3. The molecule has 1 radical (unpaired) electrons. The number of piperazine rings is 1. The van der Waals surface area contributed by atoms with Crippen LogP contribution < -0.4 is 9.64 Å². The first kappa shape index (κ1) is 12.1. The lowest BCUT2D eigenvalue weighted by atomic mass is 10.3. The number of rotatable bonds is 4. The van der Waals surface area contributed by atoms with Gasteiger partial charge in [-0.05, 0) is 13.0 Å². The Morgan fingerprint density at radius 1 is 1.35 bits per heavy atom. The molecule has 0 aromatic carbocycles. The molecule has 0 bridgehead atoms. The Hall–Kier alpha value is -1.36. The second kappa shape index (κ2) is 5.82. The van der Waals surface area contributed by atoms with Crippen molar-refractivity contribution >= 4 is 5.82 Å². The van der Waals surface area contributed by atoms with Gasteiger partial charge in [-0.3, -0.25) is 4.90 Å². The molecule has 0 unspecified atom stereocenters. The second-order valence-electron chi connectivity index (χ2n) is 4.10. The third kappa shape index (κ3) is 2.85. The van der Waals surface area contributed by atoms with Crippen molar-refractivity contribution in [3.63, 3.8) is 0 Å². The standard InChI is InChI=1S/C12H19N4O/c1-3-4-15-5-7-16(8-6-15)12-11(17-2)9-13-10-14-12/h9-10H,1,3-8H2,2H3. The summed E-state index contributed by atoms with van der Waals surface area (Å²) in [6.07, 6.45) is 4.25. The normalized spacial score (nSPS) is 17.2. The first-order chi connectivity index (χ1) is 8.35. The van der Waals surface area contributed by atoms with Crippen LogP contribution in [-0.4, -0.2) is 54.7 Å². The lowest BCUT2D eigenvalue weighted by Gasteiger charge is -2.35. The van der Waals surface area contributed by atoms with E-state index in [1.54, 1.807) is 19.6 Å². The van der Waals surface area contributed by atoms with Crippen LogP contribution in [0.5, 0.6) is 5.75 Å². The van der Waals surface area contributed by atoms with E-state index in [0.29, 0.717) is 0 Å². The Morgan fingerprint density at radius 3 is 2.76 bits per heavy atom. The van der Waals surface area contributed by atoms with E-state index in [1.807, 2.05) is 0 Å². The highest BCUT2D eigenvalue weighted by molar-refractivity contribution is 5.50. The summed E-state index contributed by atoms with van der Waals surface area (Å²) in [5.41, 5.74) is 0. The van der Waals surface area contributed by atoms with Crippen LogP contribution >= 0.6 is 0 Å². The minimum Gasteiger partial charge on any atom is -0.491 e. The quantitative estimate of drug-likeness (QED) is 0.773. The molecule has 5 nitrogen and oxygen atoms in total. The summed E-state index contributed by atoms with van der Waals surface area (Å²) >= 11 is 0. The van der Waals surface area contributed by atoms with Crippen LogP contribution in [-0.2, 0) is 0 Å². The zero-order valence-corrected chi connectivity index (χ0v) is 10.3. The zero-order chi connectivity index (χ0) is 12.1. The van der Waals surface area contributed by atoms with Crippen LogP contribution in [0.4, 0.5) is 5.82 Å². The van der Waals surface area contributed by atoms with Crippen molar-refractivity contribution in [1.82, 2.24) is 14.9 Å². The maximum atomic E-state index is 5.28. The second-order valence-corrected chi connectivity index (χ2v) is 4.10. The summed E-state index contributed by atoms with van der Waals surface area (Å²) in [5.74, 6) is 1.65. The minimum atomic E-state index is 0.748. The summed E-state index contributed by atoms with van der Waals surface area (Å²) < 4.78 is 5.28. The molecule has 2 rings (SSSR count). The summed E-state index contributed by atoms with van der Waals surface area (Å²) in [7, 11) is 1.65. The predicted octanol–water partition coefficient (Wildman–Crippen LogP) is 0.831. The number of anilines is 1. The van der Waals surface area contributed by atoms with Gasteiger partial charge >= 0.3 is 0 Å². The third-order valence-electron chi connectivity index (χ3n) is 3.02. The molecule has 1 aliphatic heterocycles. The highest BCUT2D eigenvalue weighted by atomic mass is 16.5. The number of methoxy groups -OCH3 is 1. The van der Waals surface area contributed by atoms with Gasteiger partial charge in [-0.2, -0.15) is 0 Å². The van der Waals surface area contributed by atoms with E-state index in [4.69, 9.17) is 4.74 Å². The average molecular weight is 235 g/mol. The van der Waals surface area contributed by atoms with E-state index in [-0.39, 0.29) is 0 Å². The van der Waals surface area contributed by atoms with Gasteiger partial charge in [0.2, 0.25) is 0 Å². The van der Waals surface area contributed by atoms with Crippen molar-refractivity contribution in [2.24, 2.45) is 0 Å². The van der Waals surface area contributed by atoms with E-state index in [2.05, 4.69) is 26.7 Å². The van der Waals surface area contributed by atoms with Crippen molar-refractivity contribution in [2.75, 3.05) is 44.7 Å².